The van der Waals surface area contributed by atoms with Gasteiger partial charge in [-0.05, 0) is 36.2 Å². The fraction of sp³-hybridized carbons (Fsp3) is 0.533. The summed E-state index contributed by atoms with van der Waals surface area (Å²) in [6.45, 7) is 4.47. The molecule has 2 nitrogen and oxygen atoms in total. The van der Waals surface area contributed by atoms with Crippen molar-refractivity contribution < 1.29 is 9.90 Å². The lowest BCUT2D eigenvalue weighted by molar-refractivity contribution is -0.144. The van der Waals surface area contributed by atoms with Crippen molar-refractivity contribution >= 4 is 5.97 Å². The molecule has 0 bridgehead atoms. The molecule has 0 aliphatic heterocycles. The molecule has 0 spiro atoms. The van der Waals surface area contributed by atoms with Crippen molar-refractivity contribution in [1.82, 2.24) is 0 Å². The highest BCUT2D eigenvalue weighted by atomic mass is 16.4. The minimum atomic E-state index is -0.644. The number of hydrogen-bond acceptors (Lipinski definition) is 1. The summed E-state index contributed by atoms with van der Waals surface area (Å²) in [6.07, 6.45) is 2.77. The van der Waals surface area contributed by atoms with Crippen molar-refractivity contribution in [3.05, 3.63) is 35.9 Å². The summed E-state index contributed by atoms with van der Waals surface area (Å²) in [5.74, 6) is -0.697. The normalized spacial score (nSPS) is 27.6. The summed E-state index contributed by atoms with van der Waals surface area (Å²) in [6, 6.07) is 10.1. The van der Waals surface area contributed by atoms with Gasteiger partial charge in [-0.3, -0.25) is 4.79 Å². The van der Waals surface area contributed by atoms with Gasteiger partial charge < -0.3 is 5.11 Å². The van der Waals surface area contributed by atoms with Crippen molar-refractivity contribution in [2.45, 2.75) is 39.0 Å². The molecule has 1 aliphatic carbocycles. The summed E-state index contributed by atoms with van der Waals surface area (Å²) in [5, 5.41) is 9.34. The van der Waals surface area contributed by atoms with E-state index in [0.29, 0.717) is 0 Å². The molecule has 2 heteroatoms. The minimum absolute atomic E-state index is 0.164. The van der Waals surface area contributed by atoms with Gasteiger partial charge in [0.25, 0.3) is 0 Å². The summed E-state index contributed by atoms with van der Waals surface area (Å²) in [5.41, 5.74) is 1.43. The zero-order chi connectivity index (χ0) is 12.5. The second kappa shape index (κ2) is 4.52. The Morgan fingerprint density at radius 1 is 1.29 bits per heavy atom. The standard InChI is InChI=1S/C15H20O2/c1-15(2)9-8-12(14(16)17)13(10-15)11-6-4-3-5-7-11/h3-7,12-13H,8-10H2,1-2H3,(H,16,17)/t12-,13-/m1/s1. The van der Waals surface area contributed by atoms with Crippen LogP contribution in [0, 0.1) is 11.3 Å². The molecule has 1 N–H and O–H groups in total. The van der Waals surface area contributed by atoms with Crippen LogP contribution in [0.2, 0.25) is 0 Å². The van der Waals surface area contributed by atoms with Crippen LogP contribution in [-0.4, -0.2) is 11.1 Å². The van der Waals surface area contributed by atoms with E-state index in [2.05, 4.69) is 26.0 Å². The van der Waals surface area contributed by atoms with Crippen LogP contribution >= 0.6 is 0 Å². The summed E-state index contributed by atoms with van der Waals surface area (Å²) in [4.78, 5) is 11.3. The van der Waals surface area contributed by atoms with Gasteiger partial charge in [0, 0.05) is 0 Å². The lowest BCUT2D eigenvalue weighted by Crippen LogP contribution is -2.32. The Hall–Kier alpha value is -1.31. The number of benzene rings is 1. The summed E-state index contributed by atoms with van der Waals surface area (Å²) < 4.78 is 0. The highest BCUT2D eigenvalue weighted by molar-refractivity contribution is 5.71. The van der Waals surface area contributed by atoms with E-state index in [0.717, 1.165) is 19.3 Å². The van der Waals surface area contributed by atoms with E-state index >= 15 is 0 Å². The van der Waals surface area contributed by atoms with Crippen LogP contribution in [0.15, 0.2) is 30.3 Å². The Balaban J connectivity index is 2.29. The molecular formula is C15H20O2. The highest BCUT2D eigenvalue weighted by Crippen LogP contribution is 2.46. The second-order valence-corrected chi connectivity index (χ2v) is 5.87. The van der Waals surface area contributed by atoms with E-state index in [1.54, 1.807) is 0 Å². The molecule has 0 saturated heterocycles. The van der Waals surface area contributed by atoms with E-state index in [-0.39, 0.29) is 17.3 Å². The zero-order valence-corrected chi connectivity index (χ0v) is 10.5. The molecule has 1 aromatic carbocycles. The highest BCUT2D eigenvalue weighted by Gasteiger charge is 2.39. The van der Waals surface area contributed by atoms with Gasteiger partial charge in [-0.1, -0.05) is 44.2 Å². The third-order valence-electron chi connectivity index (χ3n) is 3.94. The summed E-state index contributed by atoms with van der Waals surface area (Å²) >= 11 is 0. The predicted molar refractivity (Wildman–Crippen MR) is 67.9 cm³/mol. The van der Waals surface area contributed by atoms with E-state index in [1.165, 1.54) is 5.56 Å². The van der Waals surface area contributed by atoms with E-state index in [9.17, 15) is 9.90 Å². The molecule has 0 heterocycles. The molecule has 1 aliphatic rings. The Morgan fingerprint density at radius 2 is 1.94 bits per heavy atom. The van der Waals surface area contributed by atoms with E-state index in [4.69, 9.17) is 0 Å². The minimum Gasteiger partial charge on any atom is -0.481 e. The Labute approximate surface area is 103 Å². The third-order valence-corrected chi connectivity index (χ3v) is 3.94. The van der Waals surface area contributed by atoms with Crippen molar-refractivity contribution in [2.75, 3.05) is 0 Å². The van der Waals surface area contributed by atoms with Crippen LogP contribution in [0.5, 0.6) is 0 Å². The van der Waals surface area contributed by atoms with Crippen molar-refractivity contribution in [2.24, 2.45) is 11.3 Å². The van der Waals surface area contributed by atoms with Crippen LogP contribution in [0.3, 0.4) is 0 Å². The zero-order valence-electron chi connectivity index (χ0n) is 10.5. The van der Waals surface area contributed by atoms with Crippen LogP contribution in [0.1, 0.15) is 44.6 Å². The topological polar surface area (TPSA) is 37.3 Å². The Bertz CT molecular complexity index is 395. The van der Waals surface area contributed by atoms with E-state index in [1.807, 2.05) is 18.2 Å². The first kappa shape index (κ1) is 12.2. The molecule has 2 atom stereocenters. The predicted octanol–water partition coefficient (Wildman–Crippen LogP) is 3.68. The average Bonchev–Trinajstić information content (AvgIpc) is 2.28. The lowest BCUT2D eigenvalue weighted by Gasteiger charge is -2.39. The fourth-order valence-electron chi connectivity index (χ4n) is 2.93. The molecular weight excluding hydrogens is 212 g/mol. The van der Waals surface area contributed by atoms with Crippen molar-refractivity contribution in [1.29, 1.82) is 0 Å². The van der Waals surface area contributed by atoms with Gasteiger partial charge in [0.05, 0.1) is 5.92 Å². The van der Waals surface area contributed by atoms with Gasteiger partial charge in [-0.25, -0.2) is 0 Å². The molecule has 1 fully saturated rings. The van der Waals surface area contributed by atoms with Gasteiger partial charge in [0.15, 0.2) is 0 Å². The molecule has 0 unspecified atom stereocenters. The number of carboxylic acids is 1. The van der Waals surface area contributed by atoms with Gasteiger partial charge >= 0.3 is 5.97 Å². The quantitative estimate of drug-likeness (QED) is 0.844. The van der Waals surface area contributed by atoms with Gasteiger partial charge in [0.2, 0.25) is 0 Å². The smallest absolute Gasteiger partial charge is 0.307 e. The maximum Gasteiger partial charge on any atom is 0.307 e. The monoisotopic (exact) mass is 232 g/mol. The first-order valence-corrected chi connectivity index (χ1v) is 6.27. The number of carbonyl (C=O) groups is 1. The molecule has 0 amide bonds. The maximum absolute atomic E-state index is 11.3. The van der Waals surface area contributed by atoms with Crippen LogP contribution in [0.25, 0.3) is 0 Å². The molecule has 0 radical (unpaired) electrons. The van der Waals surface area contributed by atoms with Crippen molar-refractivity contribution in [3.8, 4) is 0 Å². The number of aliphatic carboxylic acids is 1. The molecule has 2 rings (SSSR count). The largest absolute Gasteiger partial charge is 0.481 e. The third kappa shape index (κ3) is 2.68. The summed E-state index contributed by atoms with van der Waals surface area (Å²) in [7, 11) is 0. The molecule has 1 aromatic rings. The van der Waals surface area contributed by atoms with E-state index < -0.39 is 5.97 Å². The Kier molecular flexibility index (Phi) is 3.23. The van der Waals surface area contributed by atoms with Crippen LogP contribution in [-0.2, 0) is 4.79 Å². The molecule has 0 aromatic heterocycles. The first-order chi connectivity index (χ1) is 7.99. The van der Waals surface area contributed by atoms with Crippen LogP contribution in [0.4, 0.5) is 0 Å². The SMILES string of the molecule is CC1(C)CC[C@@H](C(=O)O)[C@@H](c2ccccc2)C1. The fourth-order valence-corrected chi connectivity index (χ4v) is 2.93. The number of hydrogen-bond donors (Lipinski definition) is 1. The lowest BCUT2D eigenvalue weighted by atomic mass is 9.65. The molecule has 92 valence electrons. The molecule has 1 saturated carbocycles. The van der Waals surface area contributed by atoms with Gasteiger partial charge in [-0.2, -0.15) is 0 Å². The second-order valence-electron chi connectivity index (χ2n) is 5.87. The average molecular weight is 232 g/mol. The van der Waals surface area contributed by atoms with Crippen LogP contribution < -0.4 is 0 Å². The van der Waals surface area contributed by atoms with Crippen molar-refractivity contribution in [3.63, 3.8) is 0 Å². The Morgan fingerprint density at radius 3 is 2.53 bits per heavy atom. The molecule has 17 heavy (non-hydrogen) atoms. The number of rotatable bonds is 2. The van der Waals surface area contributed by atoms with Gasteiger partial charge in [-0.15, -0.1) is 0 Å². The van der Waals surface area contributed by atoms with Gasteiger partial charge in [0.1, 0.15) is 0 Å². The first-order valence-electron chi connectivity index (χ1n) is 6.27. The maximum atomic E-state index is 11.3. The number of carboxylic acid groups (broad SMARTS) is 1.